The predicted molar refractivity (Wildman–Crippen MR) is 121 cm³/mol. The van der Waals surface area contributed by atoms with E-state index in [1.54, 1.807) is 0 Å². The van der Waals surface area contributed by atoms with Crippen molar-refractivity contribution in [2.24, 2.45) is 0 Å². The highest BCUT2D eigenvalue weighted by Crippen LogP contribution is 2.37. The molecule has 1 N–H and O–H groups in total. The summed E-state index contributed by atoms with van der Waals surface area (Å²) in [6.45, 7) is 4.56. The van der Waals surface area contributed by atoms with Crippen LogP contribution in [0.1, 0.15) is 24.5 Å². The molecule has 0 amide bonds. The number of ether oxygens (including phenoxy) is 1. The Morgan fingerprint density at radius 3 is 2.83 bits per heavy atom. The Morgan fingerprint density at radius 2 is 1.97 bits per heavy atom. The summed E-state index contributed by atoms with van der Waals surface area (Å²) in [5.74, 6) is 0.732. The van der Waals surface area contributed by atoms with Gasteiger partial charge in [0.2, 0.25) is 0 Å². The fourth-order valence-electron chi connectivity index (χ4n) is 4.26. The van der Waals surface area contributed by atoms with Gasteiger partial charge in [-0.1, -0.05) is 48.9 Å². The van der Waals surface area contributed by atoms with E-state index in [4.69, 9.17) is 21.3 Å². The summed E-state index contributed by atoms with van der Waals surface area (Å²) >= 11 is 6.53. The Hall–Kier alpha value is -2.62. The molecule has 29 heavy (non-hydrogen) atoms. The van der Waals surface area contributed by atoms with E-state index in [0.717, 1.165) is 48.5 Å². The number of aromatic nitrogens is 1. The number of pyridine rings is 1. The number of hydrogen-bond donors (Lipinski definition) is 1. The van der Waals surface area contributed by atoms with Gasteiger partial charge in [0.1, 0.15) is 5.75 Å². The van der Waals surface area contributed by atoms with E-state index >= 15 is 0 Å². The molecule has 1 aliphatic rings. The molecule has 1 aliphatic heterocycles. The summed E-state index contributed by atoms with van der Waals surface area (Å²) < 4.78 is 5.74. The van der Waals surface area contributed by atoms with E-state index in [-0.39, 0.29) is 0 Å². The smallest absolute Gasteiger partial charge is 0.137 e. The van der Waals surface area contributed by atoms with Gasteiger partial charge in [-0.15, -0.1) is 0 Å². The number of nitrogens with one attached hydrogen (secondary N) is 1. The third-order valence-electron chi connectivity index (χ3n) is 5.61. The van der Waals surface area contributed by atoms with Crippen molar-refractivity contribution in [3.05, 3.63) is 70.7 Å². The molecule has 0 fully saturated rings. The third kappa shape index (κ3) is 3.25. The molecule has 4 aromatic rings. The van der Waals surface area contributed by atoms with Crippen LogP contribution in [0.25, 0.3) is 32.9 Å². The second-order valence-corrected chi connectivity index (χ2v) is 7.93. The Balaban J connectivity index is 1.73. The molecule has 1 aromatic heterocycles. The van der Waals surface area contributed by atoms with Crippen LogP contribution in [0, 0.1) is 0 Å². The molecule has 5 rings (SSSR count). The van der Waals surface area contributed by atoms with Crippen LogP contribution < -0.4 is 10.1 Å². The first-order valence-electron chi connectivity index (χ1n) is 10.2. The van der Waals surface area contributed by atoms with Crippen molar-refractivity contribution < 1.29 is 4.74 Å². The molecule has 0 aliphatic carbocycles. The van der Waals surface area contributed by atoms with Gasteiger partial charge in [0, 0.05) is 17.5 Å². The average Bonchev–Trinajstić information content (AvgIpc) is 2.77. The number of hydrogen-bond acceptors (Lipinski definition) is 3. The fourth-order valence-corrected chi connectivity index (χ4v) is 4.50. The highest BCUT2D eigenvalue weighted by atomic mass is 35.5. The number of benzene rings is 3. The molecule has 0 saturated carbocycles. The largest absolute Gasteiger partial charge is 0.492 e. The average molecular weight is 403 g/mol. The lowest BCUT2D eigenvalue weighted by Crippen LogP contribution is -2.25. The van der Waals surface area contributed by atoms with E-state index in [2.05, 4.69) is 54.7 Å². The first-order valence-corrected chi connectivity index (χ1v) is 10.6. The van der Waals surface area contributed by atoms with Crippen LogP contribution in [0.5, 0.6) is 5.75 Å². The minimum atomic E-state index is 0.633. The van der Waals surface area contributed by atoms with Crippen molar-refractivity contribution in [1.29, 1.82) is 0 Å². The predicted octanol–water partition coefficient (Wildman–Crippen LogP) is 6.14. The van der Waals surface area contributed by atoms with E-state index in [1.165, 1.54) is 27.3 Å². The molecule has 4 heteroatoms. The van der Waals surface area contributed by atoms with Crippen molar-refractivity contribution in [3.63, 3.8) is 0 Å². The fraction of sp³-hybridized carbons (Fsp3) is 0.240. The summed E-state index contributed by atoms with van der Waals surface area (Å²) in [7, 11) is 0. The maximum Gasteiger partial charge on any atom is 0.137 e. The lowest BCUT2D eigenvalue weighted by molar-refractivity contribution is 0.317. The minimum Gasteiger partial charge on any atom is -0.492 e. The van der Waals surface area contributed by atoms with Gasteiger partial charge in [-0.05, 0) is 65.6 Å². The molecular weight excluding hydrogens is 380 g/mol. The van der Waals surface area contributed by atoms with Crippen LogP contribution in [-0.2, 0) is 13.0 Å². The van der Waals surface area contributed by atoms with Gasteiger partial charge < -0.3 is 10.1 Å². The number of halogens is 1. The van der Waals surface area contributed by atoms with Crippen molar-refractivity contribution in [2.75, 3.05) is 13.2 Å². The topological polar surface area (TPSA) is 34.1 Å². The van der Waals surface area contributed by atoms with Crippen molar-refractivity contribution in [3.8, 4) is 17.0 Å². The van der Waals surface area contributed by atoms with E-state index in [1.807, 2.05) is 12.1 Å². The van der Waals surface area contributed by atoms with E-state index in [0.29, 0.717) is 11.6 Å². The van der Waals surface area contributed by atoms with Gasteiger partial charge in [0.05, 0.1) is 22.8 Å². The molecule has 0 spiro atoms. The van der Waals surface area contributed by atoms with E-state index in [9.17, 15) is 0 Å². The number of fused-ring (bicyclic) bond motifs is 5. The van der Waals surface area contributed by atoms with Crippen LogP contribution in [-0.4, -0.2) is 18.1 Å². The molecule has 3 aromatic carbocycles. The van der Waals surface area contributed by atoms with Crippen LogP contribution in [0.2, 0.25) is 5.02 Å². The van der Waals surface area contributed by atoms with Crippen LogP contribution in [0.3, 0.4) is 0 Å². The van der Waals surface area contributed by atoms with Crippen LogP contribution >= 0.6 is 11.6 Å². The lowest BCUT2D eigenvalue weighted by atomic mass is 9.90. The van der Waals surface area contributed by atoms with Crippen molar-refractivity contribution >= 4 is 33.3 Å². The molecule has 0 atom stereocenters. The quantitative estimate of drug-likeness (QED) is 0.416. The van der Waals surface area contributed by atoms with Crippen LogP contribution in [0.15, 0.2) is 54.6 Å². The van der Waals surface area contributed by atoms with Gasteiger partial charge in [0.15, 0.2) is 0 Å². The van der Waals surface area contributed by atoms with Gasteiger partial charge >= 0.3 is 0 Å². The Labute approximate surface area is 175 Å². The van der Waals surface area contributed by atoms with Gasteiger partial charge in [-0.3, -0.25) is 0 Å². The highest BCUT2D eigenvalue weighted by molar-refractivity contribution is 6.32. The molecule has 0 saturated heterocycles. The summed E-state index contributed by atoms with van der Waals surface area (Å²) in [5, 5.41) is 7.98. The highest BCUT2D eigenvalue weighted by Gasteiger charge is 2.21. The first-order chi connectivity index (χ1) is 14.3. The Bertz CT molecular complexity index is 1220. The first kappa shape index (κ1) is 18.4. The monoisotopic (exact) mass is 402 g/mol. The zero-order valence-electron chi connectivity index (χ0n) is 16.5. The number of rotatable bonds is 4. The van der Waals surface area contributed by atoms with Crippen LogP contribution in [0.4, 0.5) is 0 Å². The summed E-state index contributed by atoms with van der Waals surface area (Å²) in [6.07, 6.45) is 1.96. The molecule has 3 nitrogen and oxygen atoms in total. The third-order valence-corrected chi connectivity index (χ3v) is 5.91. The molecular formula is C25H23ClN2O. The van der Waals surface area contributed by atoms with Gasteiger partial charge in [-0.25, -0.2) is 4.98 Å². The number of nitrogens with zero attached hydrogens (tertiary/aromatic N) is 1. The molecule has 0 bridgehead atoms. The van der Waals surface area contributed by atoms with Gasteiger partial charge in [-0.2, -0.15) is 0 Å². The normalized spacial score (nSPS) is 13.6. The zero-order chi connectivity index (χ0) is 19.8. The molecule has 0 unspecified atom stereocenters. The molecule has 146 valence electrons. The minimum absolute atomic E-state index is 0.633. The summed E-state index contributed by atoms with van der Waals surface area (Å²) in [5.41, 5.74) is 5.77. The molecule has 0 radical (unpaired) electrons. The van der Waals surface area contributed by atoms with Gasteiger partial charge in [0.25, 0.3) is 0 Å². The zero-order valence-corrected chi connectivity index (χ0v) is 17.2. The second kappa shape index (κ2) is 7.66. The Kier molecular flexibility index (Phi) is 4.86. The SMILES string of the molecule is CCCOc1ccc(-c2nc3ccc4ccccc4c3c3c2CNCC3)cc1Cl. The van der Waals surface area contributed by atoms with E-state index < -0.39 is 0 Å². The second-order valence-electron chi connectivity index (χ2n) is 7.52. The standard InChI is InChI=1S/C25H23ClN2O/c1-2-13-29-23-10-8-17(14-21(23)26)25-20-15-27-12-11-19(20)24-18-6-4-3-5-16(18)7-9-22(24)28-25/h3-10,14,27H,2,11-13,15H2,1H3. The summed E-state index contributed by atoms with van der Waals surface area (Å²) in [4.78, 5) is 5.10. The Morgan fingerprint density at radius 1 is 1.07 bits per heavy atom. The van der Waals surface area contributed by atoms with Crippen molar-refractivity contribution in [1.82, 2.24) is 10.3 Å². The lowest BCUT2D eigenvalue weighted by Gasteiger charge is -2.23. The maximum atomic E-state index is 6.53. The summed E-state index contributed by atoms with van der Waals surface area (Å²) in [6, 6.07) is 18.9. The van der Waals surface area contributed by atoms with Crippen molar-refractivity contribution in [2.45, 2.75) is 26.3 Å². The maximum absolute atomic E-state index is 6.53. The molecule has 2 heterocycles.